The van der Waals surface area contributed by atoms with Gasteiger partial charge in [-0.25, -0.2) is 4.39 Å². The van der Waals surface area contributed by atoms with Gasteiger partial charge < -0.3 is 5.32 Å². The standard InChI is InChI=1S/C12H15BrFNOS/c1-12(2,3)17-7-11(16)15-8-4-5-9(13)10(14)6-8/h4-6H,7H2,1-3H3,(H,15,16). The number of rotatable bonds is 3. The van der Waals surface area contributed by atoms with E-state index in [1.807, 2.05) is 20.8 Å². The van der Waals surface area contributed by atoms with E-state index in [2.05, 4.69) is 21.2 Å². The van der Waals surface area contributed by atoms with Crippen molar-refractivity contribution in [1.82, 2.24) is 0 Å². The fourth-order valence-electron chi connectivity index (χ4n) is 1.05. The first-order valence-electron chi connectivity index (χ1n) is 5.17. The highest BCUT2D eigenvalue weighted by atomic mass is 79.9. The summed E-state index contributed by atoms with van der Waals surface area (Å²) in [6.45, 7) is 6.14. The minimum Gasteiger partial charge on any atom is -0.325 e. The lowest BCUT2D eigenvalue weighted by atomic mass is 10.3. The van der Waals surface area contributed by atoms with E-state index in [4.69, 9.17) is 0 Å². The summed E-state index contributed by atoms with van der Waals surface area (Å²) >= 11 is 4.61. The molecule has 1 rings (SSSR count). The fourth-order valence-corrected chi connectivity index (χ4v) is 1.94. The molecule has 0 atom stereocenters. The van der Waals surface area contributed by atoms with E-state index < -0.39 is 0 Å². The van der Waals surface area contributed by atoms with Crippen molar-refractivity contribution in [2.45, 2.75) is 25.5 Å². The third-order valence-electron chi connectivity index (χ3n) is 1.84. The number of amides is 1. The van der Waals surface area contributed by atoms with Gasteiger partial charge in [0.25, 0.3) is 0 Å². The van der Waals surface area contributed by atoms with Crippen molar-refractivity contribution < 1.29 is 9.18 Å². The van der Waals surface area contributed by atoms with Crippen molar-refractivity contribution in [3.8, 4) is 0 Å². The lowest BCUT2D eigenvalue weighted by molar-refractivity contribution is -0.113. The second-order valence-electron chi connectivity index (χ2n) is 4.58. The first-order chi connectivity index (χ1) is 7.78. The molecule has 0 unspecified atom stereocenters. The molecule has 2 nitrogen and oxygen atoms in total. The van der Waals surface area contributed by atoms with Crippen LogP contribution < -0.4 is 5.32 Å². The molecule has 0 aliphatic rings. The zero-order chi connectivity index (χ0) is 13.1. The Balaban J connectivity index is 2.54. The molecule has 0 heterocycles. The van der Waals surface area contributed by atoms with Crippen LogP contribution in [0, 0.1) is 5.82 Å². The number of carbonyl (C=O) groups excluding carboxylic acids is 1. The van der Waals surface area contributed by atoms with Gasteiger partial charge in [0.1, 0.15) is 5.82 Å². The van der Waals surface area contributed by atoms with Gasteiger partial charge >= 0.3 is 0 Å². The number of benzene rings is 1. The van der Waals surface area contributed by atoms with Crippen LogP contribution in [-0.4, -0.2) is 16.4 Å². The molecule has 1 aromatic rings. The van der Waals surface area contributed by atoms with Crippen LogP contribution in [0.1, 0.15) is 20.8 Å². The second kappa shape index (κ2) is 5.87. The van der Waals surface area contributed by atoms with Crippen LogP contribution in [0.25, 0.3) is 0 Å². The maximum atomic E-state index is 13.2. The molecular weight excluding hydrogens is 305 g/mol. The summed E-state index contributed by atoms with van der Waals surface area (Å²) in [4.78, 5) is 11.6. The van der Waals surface area contributed by atoms with E-state index in [1.165, 1.54) is 6.07 Å². The molecule has 1 N–H and O–H groups in total. The first-order valence-corrected chi connectivity index (χ1v) is 6.95. The minimum atomic E-state index is -0.383. The van der Waals surface area contributed by atoms with Crippen LogP contribution in [-0.2, 0) is 4.79 Å². The molecule has 0 bridgehead atoms. The summed E-state index contributed by atoms with van der Waals surface area (Å²) < 4.78 is 13.6. The molecule has 94 valence electrons. The molecule has 0 saturated carbocycles. The Bertz CT molecular complexity index is 417. The van der Waals surface area contributed by atoms with Gasteiger partial charge in [-0.3, -0.25) is 4.79 Å². The number of anilines is 1. The number of carbonyl (C=O) groups is 1. The van der Waals surface area contributed by atoms with Crippen LogP contribution in [0.2, 0.25) is 0 Å². The van der Waals surface area contributed by atoms with E-state index in [9.17, 15) is 9.18 Å². The maximum Gasteiger partial charge on any atom is 0.234 e. The first kappa shape index (κ1) is 14.5. The second-order valence-corrected chi connectivity index (χ2v) is 7.23. The highest BCUT2D eigenvalue weighted by Crippen LogP contribution is 2.23. The number of halogens is 2. The largest absolute Gasteiger partial charge is 0.325 e. The zero-order valence-electron chi connectivity index (χ0n) is 10.0. The summed E-state index contributed by atoms with van der Waals surface area (Å²) in [5, 5.41) is 2.66. The lowest BCUT2D eigenvalue weighted by Gasteiger charge is -2.17. The van der Waals surface area contributed by atoms with Crippen LogP contribution in [0.15, 0.2) is 22.7 Å². The quantitative estimate of drug-likeness (QED) is 0.910. The maximum absolute atomic E-state index is 13.2. The number of thioether (sulfide) groups is 1. The highest BCUT2D eigenvalue weighted by Gasteiger charge is 2.13. The Kier molecular flexibility index (Phi) is 5.01. The third kappa shape index (κ3) is 5.55. The number of nitrogens with one attached hydrogen (secondary N) is 1. The van der Waals surface area contributed by atoms with Gasteiger partial charge in [0.2, 0.25) is 5.91 Å². The Morgan fingerprint density at radius 3 is 2.65 bits per heavy atom. The van der Waals surface area contributed by atoms with Gasteiger partial charge in [-0.2, -0.15) is 0 Å². The summed E-state index contributed by atoms with van der Waals surface area (Å²) in [7, 11) is 0. The minimum absolute atomic E-state index is 0.0440. The van der Waals surface area contributed by atoms with E-state index in [0.717, 1.165) is 0 Å². The fraction of sp³-hybridized carbons (Fsp3) is 0.417. The predicted octanol–water partition coefficient (Wildman–Crippen LogP) is 4.06. The van der Waals surface area contributed by atoms with Gasteiger partial charge in [0.05, 0.1) is 10.2 Å². The average Bonchev–Trinajstić information content (AvgIpc) is 2.20. The van der Waals surface area contributed by atoms with Gasteiger partial charge in [-0.1, -0.05) is 20.8 Å². The number of hydrogen-bond donors (Lipinski definition) is 1. The van der Waals surface area contributed by atoms with Crippen molar-refractivity contribution in [2.24, 2.45) is 0 Å². The van der Waals surface area contributed by atoms with Crippen LogP contribution in [0.5, 0.6) is 0 Å². The molecular formula is C12H15BrFNOS. The molecule has 0 aromatic heterocycles. The van der Waals surface area contributed by atoms with E-state index in [0.29, 0.717) is 15.9 Å². The monoisotopic (exact) mass is 319 g/mol. The average molecular weight is 320 g/mol. The Labute approximate surface area is 113 Å². The van der Waals surface area contributed by atoms with E-state index in [-0.39, 0.29) is 16.5 Å². The predicted molar refractivity (Wildman–Crippen MR) is 74.9 cm³/mol. The normalized spacial score (nSPS) is 11.4. The van der Waals surface area contributed by atoms with Crippen molar-refractivity contribution >= 4 is 39.3 Å². The van der Waals surface area contributed by atoms with E-state index in [1.54, 1.807) is 23.9 Å². The summed E-state index contributed by atoms with van der Waals surface area (Å²) in [6.07, 6.45) is 0. The Morgan fingerprint density at radius 2 is 2.12 bits per heavy atom. The Hall–Kier alpha value is -0.550. The van der Waals surface area contributed by atoms with Crippen molar-refractivity contribution in [1.29, 1.82) is 0 Å². The molecule has 5 heteroatoms. The van der Waals surface area contributed by atoms with Gasteiger partial charge in [-0.05, 0) is 34.1 Å². The van der Waals surface area contributed by atoms with Crippen molar-refractivity contribution in [3.05, 3.63) is 28.5 Å². The van der Waals surface area contributed by atoms with Crippen LogP contribution in [0.3, 0.4) is 0 Å². The summed E-state index contributed by atoms with van der Waals surface area (Å²) in [5.41, 5.74) is 0.477. The molecule has 0 fully saturated rings. The summed E-state index contributed by atoms with van der Waals surface area (Å²) in [5.74, 6) is -0.140. The van der Waals surface area contributed by atoms with Crippen LogP contribution >= 0.6 is 27.7 Å². The van der Waals surface area contributed by atoms with Crippen molar-refractivity contribution in [2.75, 3.05) is 11.1 Å². The molecule has 1 aromatic carbocycles. The lowest BCUT2D eigenvalue weighted by Crippen LogP contribution is -2.18. The molecule has 1 amide bonds. The molecule has 0 spiro atoms. The highest BCUT2D eigenvalue weighted by molar-refractivity contribution is 9.10. The van der Waals surface area contributed by atoms with Gasteiger partial charge in [0.15, 0.2) is 0 Å². The number of hydrogen-bond acceptors (Lipinski definition) is 2. The molecule has 0 aliphatic carbocycles. The summed E-state index contributed by atoms with van der Waals surface area (Å²) in [6, 6.07) is 4.53. The van der Waals surface area contributed by atoms with Crippen molar-refractivity contribution in [3.63, 3.8) is 0 Å². The van der Waals surface area contributed by atoms with Gasteiger partial charge in [0, 0.05) is 10.4 Å². The topological polar surface area (TPSA) is 29.1 Å². The molecule has 17 heavy (non-hydrogen) atoms. The van der Waals surface area contributed by atoms with E-state index >= 15 is 0 Å². The Morgan fingerprint density at radius 1 is 1.47 bits per heavy atom. The van der Waals surface area contributed by atoms with Crippen LogP contribution in [0.4, 0.5) is 10.1 Å². The van der Waals surface area contributed by atoms with Gasteiger partial charge in [-0.15, -0.1) is 11.8 Å². The zero-order valence-corrected chi connectivity index (χ0v) is 12.4. The molecule has 0 aliphatic heterocycles. The third-order valence-corrected chi connectivity index (χ3v) is 3.76. The molecule has 0 saturated heterocycles. The molecule has 0 radical (unpaired) electrons. The SMILES string of the molecule is CC(C)(C)SCC(=O)Nc1ccc(Br)c(F)c1. The smallest absolute Gasteiger partial charge is 0.234 e.